The Balaban J connectivity index is 1.82. The van der Waals surface area contributed by atoms with E-state index in [1.807, 2.05) is 12.1 Å². The molecule has 0 unspecified atom stereocenters. The SMILES string of the molecule is N#CC1(c2cn(Cc3ccc(Cl)cc3)c3ccccc23)CCCC1. The van der Waals surface area contributed by atoms with Crippen LogP contribution in [0.4, 0.5) is 0 Å². The van der Waals surface area contributed by atoms with Crippen molar-refractivity contribution in [1.29, 1.82) is 5.26 Å². The summed E-state index contributed by atoms with van der Waals surface area (Å²) in [5, 5.41) is 11.9. The maximum absolute atomic E-state index is 9.89. The minimum atomic E-state index is -0.315. The largest absolute Gasteiger partial charge is 0.343 e. The fraction of sp³-hybridized carbons (Fsp3) is 0.286. The lowest BCUT2D eigenvalue weighted by atomic mass is 9.80. The molecule has 3 aromatic rings. The van der Waals surface area contributed by atoms with Gasteiger partial charge >= 0.3 is 0 Å². The van der Waals surface area contributed by atoms with Gasteiger partial charge in [-0.05, 0) is 42.2 Å². The molecule has 0 aliphatic heterocycles. The Labute approximate surface area is 147 Å². The van der Waals surface area contributed by atoms with Gasteiger partial charge in [-0.2, -0.15) is 5.26 Å². The Morgan fingerprint density at radius 2 is 1.75 bits per heavy atom. The van der Waals surface area contributed by atoms with E-state index < -0.39 is 0 Å². The Bertz CT molecular complexity index is 909. The summed E-state index contributed by atoms with van der Waals surface area (Å²) in [5.74, 6) is 0. The molecular weight excluding hydrogens is 316 g/mol. The Kier molecular flexibility index (Phi) is 3.82. The van der Waals surface area contributed by atoms with Crippen LogP contribution in [0.25, 0.3) is 10.9 Å². The lowest BCUT2D eigenvalue weighted by Gasteiger charge is -2.19. The van der Waals surface area contributed by atoms with Crippen LogP contribution in [0, 0.1) is 11.3 Å². The predicted octanol–water partition coefficient (Wildman–Crippen LogP) is 5.68. The van der Waals surface area contributed by atoms with E-state index in [0.29, 0.717) is 0 Å². The summed E-state index contributed by atoms with van der Waals surface area (Å²) in [5.41, 5.74) is 3.30. The molecule has 24 heavy (non-hydrogen) atoms. The van der Waals surface area contributed by atoms with Crippen molar-refractivity contribution in [3.05, 3.63) is 70.9 Å². The van der Waals surface area contributed by atoms with Gasteiger partial charge in [0.15, 0.2) is 0 Å². The van der Waals surface area contributed by atoms with Crippen LogP contribution in [0.5, 0.6) is 0 Å². The second kappa shape index (κ2) is 6.00. The molecule has 0 amide bonds. The molecule has 1 heterocycles. The molecule has 1 fully saturated rings. The zero-order valence-electron chi connectivity index (χ0n) is 13.5. The zero-order valence-corrected chi connectivity index (χ0v) is 14.3. The standard InChI is InChI=1S/C21H19ClN2/c22-17-9-7-16(8-10-17)13-24-14-19(18-5-1-2-6-20(18)24)21(15-23)11-3-4-12-21/h1-2,5-10,14H,3-4,11-13H2. The van der Waals surface area contributed by atoms with Crippen LogP contribution in [-0.4, -0.2) is 4.57 Å². The van der Waals surface area contributed by atoms with Crippen LogP contribution < -0.4 is 0 Å². The van der Waals surface area contributed by atoms with Crippen molar-refractivity contribution in [3.8, 4) is 6.07 Å². The van der Waals surface area contributed by atoms with Crippen LogP contribution >= 0.6 is 11.6 Å². The molecule has 120 valence electrons. The van der Waals surface area contributed by atoms with Crippen molar-refractivity contribution in [2.24, 2.45) is 0 Å². The summed E-state index contributed by atoms with van der Waals surface area (Å²) in [6.07, 6.45) is 6.43. The van der Waals surface area contributed by atoms with Crippen LogP contribution in [0.1, 0.15) is 36.8 Å². The van der Waals surface area contributed by atoms with E-state index in [4.69, 9.17) is 11.6 Å². The molecule has 1 saturated carbocycles. The maximum Gasteiger partial charge on any atom is 0.0843 e. The topological polar surface area (TPSA) is 28.7 Å². The van der Waals surface area contributed by atoms with Crippen molar-refractivity contribution in [1.82, 2.24) is 4.57 Å². The number of hydrogen-bond donors (Lipinski definition) is 0. The number of nitriles is 1. The third kappa shape index (κ3) is 2.50. The third-order valence-corrected chi connectivity index (χ3v) is 5.49. The third-order valence-electron chi connectivity index (χ3n) is 5.24. The van der Waals surface area contributed by atoms with Crippen molar-refractivity contribution < 1.29 is 0 Å². The monoisotopic (exact) mass is 334 g/mol. The number of nitrogens with zero attached hydrogens (tertiary/aromatic N) is 2. The minimum Gasteiger partial charge on any atom is -0.343 e. The zero-order chi connectivity index (χ0) is 16.6. The van der Waals surface area contributed by atoms with E-state index in [1.165, 1.54) is 22.0 Å². The highest BCUT2D eigenvalue weighted by Crippen LogP contribution is 2.44. The number of para-hydroxylation sites is 1. The van der Waals surface area contributed by atoms with Gasteiger partial charge in [-0.3, -0.25) is 0 Å². The van der Waals surface area contributed by atoms with Crippen LogP contribution in [0.15, 0.2) is 54.7 Å². The van der Waals surface area contributed by atoms with E-state index in [2.05, 4.69) is 53.2 Å². The molecule has 3 heteroatoms. The molecule has 0 radical (unpaired) electrons. The second-order valence-electron chi connectivity index (χ2n) is 6.72. The summed E-state index contributed by atoms with van der Waals surface area (Å²) >= 11 is 5.99. The van der Waals surface area contributed by atoms with Gasteiger partial charge in [0.2, 0.25) is 0 Å². The Morgan fingerprint density at radius 3 is 2.46 bits per heavy atom. The van der Waals surface area contributed by atoms with Crippen molar-refractivity contribution >= 4 is 22.5 Å². The number of aromatic nitrogens is 1. The van der Waals surface area contributed by atoms with Gasteiger partial charge < -0.3 is 4.57 Å². The predicted molar refractivity (Wildman–Crippen MR) is 98.3 cm³/mol. The Hall–Kier alpha value is -2.24. The van der Waals surface area contributed by atoms with Gasteiger partial charge in [-0.15, -0.1) is 0 Å². The lowest BCUT2D eigenvalue weighted by molar-refractivity contribution is 0.575. The number of benzene rings is 2. The highest BCUT2D eigenvalue weighted by atomic mass is 35.5. The summed E-state index contributed by atoms with van der Waals surface area (Å²) in [6.45, 7) is 0.791. The second-order valence-corrected chi connectivity index (χ2v) is 7.15. The van der Waals surface area contributed by atoms with Crippen LogP contribution in [0.3, 0.4) is 0 Å². The molecule has 0 bridgehead atoms. The van der Waals surface area contributed by atoms with Crippen molar-refractivity contribution in [3.63, 3.8) is 0 Å². The number of halogens is 1. The first-order valence-corrected chi connectivity index (χ1v) is 8.84. The molecule has 1 aliphatic carbocycles. The average Bonchev–Trinajstić information content (AvgIpc) is 3.23. The van der Waals surface area contributed by atoms with Crippen LogP contribution in [-0.2, 0) is 12.0 Å². The number of fused-ring (bicyclic) bond motifs is 1. The van der Waals surface area contributed by atoms with Crippen molar-refractivity contribution in [2.45, 2.75) is 37.6 Å². The number of rotatable bonds is 3. The normalized spacial score (nSPS) is 16.3. The molecule has 2 aromatic carbocycles. The smallest absolute Gasteiger partial charge is 0.0843 e. The van der Waals surface area contributed by atoms with Crippen molar-refractivity contribution in [2.75, 3.05) is 0 Å². The van der Waals surface area contributed by atoms with Gasteiger partial charge in [-0.25, -0.2) is 0 Å². The average molecular weight is 335 g/mol. The van der Waals surface area contributed by atoms with Gasteiger partial charge in [0, 0.05) is 28.7 Å². The molecule has 0 saturated heterocycles. The van der Waals surface area contributed by atoms with E-state index in [1.54, 1.807) is 0 Å². The highest BCUT2D eigenvalue weighted by Gasteiger charge is 2.38. The van der Waals surface area contributed by atoms with Gasteiger partial charge in [0.05, 0.1) is 11.5 Å². The molecule has 4 rings (SSSR count). The molecule has 0 spiro atoms. The van der Waals surface area contributed by atoms with Gasteiger partial charge in [-0.1, -0.05) is 54.8 Å². The fourth-order valence-corrected chi connectivity index (χ4v) is 4.09. The first-order valence-electron chi connectivity index (χ1n) is 8.46. The molecule has 0 atom stereocenters. The Morgan fingerprint density at radius 1 is 1.04 bits per heavy atom. The van der Waals surface area contributed by atoms with E-state index >= 15 is 0 Å². The fourth-order valence-electron chi connectivity index (χ4n) is 3.97. The summed E-state index contributed by atoms with van der Waals surface area (Å²) in [4.78, 5) is 0. The molecular formula is C21H19ClN2. The number of hydrogen-bond acceptors (Lipinski definition) is 1. The van der Waals surface area contributed by atoms with E-state index in [-0.39, 0.29) is 5.41 Å². The van der Waals surface area contributed by atoms with E-state index in [0.717, 1.165) is 37.3 Å². The van der Waals surface area contributed by atoms with Gasteiger partial charge in [0.1, 0.15) is 0 Å². The summed E-state index contributed by atoms with van der Waals surface area (Å²) < 4.78 is 2.27. The molecule has 1 aromatic heterocycles. The minimum absolute atomic E-state index is 0.315. The maximum atomic E-state index is 9.89. The summed E-state index contributed by atoms with van der Waals surface area (Å²) in [6, 6.07) is 19.1. The lowest BCUT2D eigenvalue weighted by Crippen LogP contribution is -2.18. The van der Waals surface area contributed by atoms with Crippen LogP contribution in [0.2, 0.25) is 5.02 Å². The molecule has 2 nitrogen and oxygen atoms in total. The van der Waals surface area contributed by atoms with Gasteiger partial charge in [0.25, 0.3) is 0 Å². The molecule has 1 aliphatic rings. The van der Waals surface area contributed by atoms with E-state index in [9.17, 15) is 5.26 Å². The first-order chi connectivity index (χ1) is 11.7. The quantitative estimate of drug-likeness (QED) is 0.605. The summed E-state index contributed by atoms with van der Waals surface area (Å²) in [7, 11) is 0. The highest BCUT2D eigenvalue weighted by molar-refractivity contribution is 6.30. The molecule has 0 N–H and O–H groups in total. The first kappa shape index (κ1) is 15.3.